The van der Waals surface area contributed by atoms with E-state index in [1.165, 1.54) is 12.8 Å². The first-order valence-electron chi connectivity index (χ1n) is 5.44. The van der Waals surface area contributed by atoms with Crippen LogP contribution in [0.4, 0.5) is 0 Å². The Morgan fingerprint density at radius 3 is 2.15 bits per heavy atom. The Morgan fingerprint density at radius 2 is 1.77 bits per heavy atom. The molecule has 0 aromatic carbocycles. The van der Waals surface area contributed by atoms with Gasteiger partial charge in [-0.1, -0.05) is 0 Å². The van der Waals surface area contributed by atoms with Crippen molar-refractivity contribution >= 4 is 21.4 Å². The van der Waals surface area contributed by atoms with Gasteiger partial charge in [0.05, 0.1) is 0 Å². The van der Waals surface area contributed by atoms with E-state index >= 15 is 0 Å². The van der Waals surface area contributed by atoms with E-state index in [1.807, 2.05) is 3.33 Å². The zero-order valence-electron chi connectivity index (χ0n) is 9.70. The number of hydrogen-bond acceptors (Lipinski definition) is 0. The van der Waals surface area contributed by atoms with Crippen LogP contribution in [0.2, 0.25) is 8.86 Å². The predicted molar refractivity (Wildman–Crippen MR) is 62.4 cm³/mol. The van der Waals surface area contributed by atoms with Gasteiger partial charge in [-0.2, -0.15) is 0 Å². The molecule has 0 bridgehead atoms. The van der Waals surface area contributed by atoms with Gasteiger partial charge in [0.15, 0.2) is 0 Å². The second-order valence-electron chi connectivity index (χ2n) is 4.42. The first-order valence-corrected chi connectivity index (χ1v) is 12.7. The summed E-state index contributed by atoms with van der Waals surface area (Å²) < 4.78 is 6.03. The van der Waals surface area contributed by atoms with Crippen molar-refractivity contribution in [3.05, 3.63) is 20.0 Å². The quantitative estimate of drug-likeness (QED) is 0.729. The van der Waals surface area contributed by atoms with Crippen LogP contribution in [0.3, 0.4) is 0 Å². The topological polar surface area (TPSA) is 0 Å². The molecule has 0 N–H and O–H groups in total. The summed E-state index contributed by atoms with van der Waals surface area (Å²) in [4.78, 5) is 0. The van der Waals surface area contributed by atoms with Gasteiger partial charge in [-0.3, -0.25) is 0 Å². The summed E-state index contributed by atoms with van der Waals surface area (Å²) in [5.74, 6) is 0. The van der Waals surface area contributed by atoms with Gasteiger partial charge in [0.2, 0.25) is 0 Å². The van der Waals surface area contributed by atoms with Crippen molar-refractivity contribution in [1.29, 1.82) is 0 Å². The Hall–Kier alpha value is 0.350. The van der Waals surface area contributed by atoms with E-state index in [4.69, 9.17) is 0 Å². The standard InChI is InChI=1S/C8H11.C3H7.CH3.In/c1-6-4-5-7(2)8(6)3;1-3-2;;/h4H2,1-3H3;1,3H2,2H3;1H3;. The predicted octanol–water partition coefficient (Wildman–Crippen LogP) is 4.12. The minimum absolute atomic E-state index is 1.24. The van der Waals surface area contributed by atoms with Gasteiger partial charge in [0, 0.05) is 0 Å². The molecule has 0 aromatic heterocycles. The third kappa shape index (κ3) is 2.43. The molecule has 0 unspecified atom stereocenters. The SMILES string of the molecule is CC[CH2][In]([CH3])[C]1=C(C)C(C)=C(C)C1. The molecule has 13 heavy (non-hydrogen) atoms. The summed E-state index contributed by atoms with van der Waals surface area (Å²) in [6, 6.07) is 0. The van der Waals surface area contributed by atoms with Crippen LogP contribution in [0.1, 0.15) is 40.5 Å². The van der Waals surface area contributed by atoms with E-state index in [2.05, 4.69) is 32.4 Å². The Morgan fingerprint density at radius 1 is 1.15 bits per heavy atom. The number of rotatable bonds is 3. The maximum atomic E-state index is 2.58. The third-order valence-corrected chi connectivity index (χ3v) is 12.8. The Kier molecular flexibility index (Phi) is 4.15. The van der Waals surface area contributed by atoms with E-state index < -0.39 is 21.4 Å². The van der Waals surface area contributed by atoms with Crippen LogP contribution in [0.25, 0.3) is 0 Å². The fourth-order valence-electron chi connectivity index (χ4n) is 2.26. The Labute approximate surface area is 90.6 Å². The molecule has 0 heterocycles. The average molecular weight is 280 g/mol. The van der Waals surface area contributed by atoms with E-state index in [-0.39, 0.29) is 0 Å². The van der Waals surface area contributed by atoms with Gasteiger partial charge in [-0.15, -0.1) is 0 Å². The fraction of sp³-hybridized carbons (Fsp3) is 0.667. The molecule has 1 heteroatoms. The molecular weight excluding hydrogens is 259 g/mol. The maximum absolute atomic E-state index is 2.58. The molecule has 1 aliphatic carbocycles. The first kappa shape index (κ1) is 11.4. The molecule has 0 atom stereocenters. The molecule has 0 fully saturated rings. The van der Waals surface area contributed by atoms with Crippen molar-refractivity contribution in [2.45, 2.75) is 49.4 Å². The van der Waals surface area contributed by atoms with Crippen molar-refractivity contribution in [1.82, 2.24) is 0 Å². The normalized spacial score (nSPS) is 17.3. The van der Waals surface area contributed by atoms with Gasteiger partial charge in [-0.05, 0) is 0 Å². The second kappa shape index (κ2) is 4.72. The van der Waals surface area contributed by atoms with Crippen LogP contribution in [0.5, 0.6) is 0 Å². The van der Waals surface area contributed by atoms with Crippen molar-refractivity contribution in [3.8, 4) is 0 Å². The van der Waals surface area contributed by atoms with Crippen LogP contribution < -0.4 is 0 Å². The van der Waals surface area contributed by atoms with E-state index in [1.54, 1.807) is 20.9 Å². The molecule has 1 aliphatic rings. The van der Waals surface area contributed by atoms with Crippen molar-refractivity contribution in [2.24, 2.45) is 0 Å². The molecule has 0 amide bonds. The van der Waals surface area contributed by atoms with E-state index in [0.29, 0.717) is 0 Å². The number of hydrogen-bond donors (Lipinski definition) is 0. The molecule has 0 saturated heterocycles. The van der Waals surface area contributed by atoms with Crippen LogP contribution >= 0.6 is 0 Å². The molecule has 0 spiro atoms. The van der Waals surface area contributed by atoms with Crippen LogP contribution in [0.15, 0.2) is 20.0 Å². The summed E-state index contributed by atoms with van der Waals surface area (Å²) >= 11 is -1.24. The van der Waals surface area contributed by atoms with Gasteiger partial charge >= 0.3 is 90.9 Å². The minimum atomic E-state index is -1.24. The third-order valence-electron chi connectivity index (χ3n) is 3.46. The van der Waals surface area contributed by atoms with Gasteiger partial charge in [0.1, 0.15) is 0 Å². The molecular formula is C12H21In. The molecule has 0 aromatic rings. The van der Waals surface area contributed by atoms with Crippen molar-refractivity contribution in [2.75, 3.05) is 0 Å². The number of allylic oxidation sites excluding steroid dienone is 4. The summed E-state index contributed by atoms with van der Waals surface area (Å²) in [7, 11) is 0. The Bertz CT molecular complexity index is 258. The first-order chi connectivity index (χ1) is 6.07. The summed E-state index contributed by atoms with van der Waals surface area (Å²) in [5.41, 5.74) is 4.89. The zero-order valence-corrected chi connectivity index (χ0v) is 13.0. The van der Waals surface area contributed by atoms with E-state index in [0.717, 1.165) is 0 Å². The van der Waals surface area contributed by atoms with Crippen LogP contribution in [-0.2, 0) is 0 Å². The van der Waals surface area contributed by atoms with Crippen molar-refractivity contribution in [3.63, 3.8) is 0 Å². The van der Waals surface area contributed by atoms with Crippen LogP contribution in [0, 0.1) is 0 Å². The molecule has 0 aliphatic heterocycles. The summed E-state index contributed by atoms with van der Waals surface area (Å²) in [6.45, 7) is 9.26. The van der Waals surface area contributed by atoms with Gasteiger partial charge < -0.3 is 0 Å². The van der Waals surface area contributed by atoms with E-state index in [9.17, 15) is 0 Å². The summed E-state index contributed by atoms with van der Waals surface area (Å²) in [5, 5.41) is 0. The second-order valence-corrected chi connectivity index (χ2v) is 13.2. The summed E-state index contributed by atoms with van der Waals surface area (Å²) in [6.07, 6.45) is 2.72. The zero-order chi connectivity index (χ0) is 10.0. The van der Waals surface area contributed by atoms with Crippen LogP contribution in [-0.4, -0.2) is 21.4 Å². The average Bonchev–Trinajstić information content (AvgIpc) is 2.33. The van der Waals surface area contributed by atoms with Gasteiger partial charge in [0.25, 0.3) is 0 Å². The molecule has 0 nitrogen and oxygen atoms in total. The molecule has 0 radical (unpaired) electrons. The molecule has 72 valence electrons. The molecule has 1 rings (SSSR count). The van der Waals surface area contributed by atoms with Crippen molar-refractivity contribution < 1.29 is 0 Å². The molecule has 0 saturated carbocycles. The fourth-order valence-corrected chi connectivity index (χ4v) is 10.3. The Balaban J connectivity index is 2.76. The van der Waals surface area contributed by atoms with Gasteiger partial charge in [-0.25, -0.2) is 0 Å². The monoisotopic (exact) mass is 280 g/mol.